The number of fused-ring (bicyclic) bond motifs is 1. The first-order valence-electron chi connectivity index (χ1n) is 11.1. The van der Waals surface area contributed by atoms with Gasteiger partial charge in [0.1, 0.15) is 5.82 Å². The van der Waals surface area contributed by atoms with Gasteiger partial charge in [-0.1, -0.05) is 36.8 Å². The molecule has 162 valence electrons. The highest BCUT2D eigenvalue weighted by molar-refractivity contribution is 5.93. The van der Waals surface area contributed by atoms with Crippen LogP contribution in [0.25, 0.3) is 10.9 Å². The molecule has 2 N–H and O–H groups in total. The molecule has 7 heteroatoms. The van der Waals surface area contributed by atoms with Gasteiger partial charge in [0, 0.05) is 23.8 Å². The van der Waals surface area contributed by atoms with Gasteiger partial charge in [-0.15, -0.1) is 0 Å². The van der Waals surface area contributed by atoms with Crippen LogP contribution < -0.4 is 10.6 Å². The van der Waals surface area contributed by atoms with Crippen molar-refractivity contribution in [2.45, 2.75) is 32.7 Å². The summed E-state index contributed by atoms with van der Waals surface area (Å²) in [5.74, 6) is 1.25. The Morgan fingerprint density at radius 3 is 2.75 bits per heavy atom. The molecule has 0 bridgehead atoms. The topological polar surface area (TPSA) is 78.9 Å². The lowest BCUT2D eigenvalue weighted by Crippen LogP contribution is -2.29. The minimum atomic E-state index is 0.549. The molecule has 4 aromatic rings. The molecular weight excluding hydrogens is 398 g/mol. The van der Waals surface area contributed by atoms with E-state index in [2.05, 4.69) is 53.9 Å². The minimum Gasteiger partial charge on any atom is -0.338 e. The standard InChI is InChI=1S/C25H27N7/c1-18-7-5-10-21-22(16-27-31-24(18)21)29-23-11-12-26-25(30-23)28-20-9-6-8-19(15-20)17-32-13-3-2-4-14-32/h5-12,15-16H,2-4,13-14,17H2,1H3,(H2,26,28,29,30,31). The van der Waals surface area contributed by atoms with Crippen LogP contribution in [-0.4, -0.2) is 38.2 Å². The molecule has 2 aromatic heterocycles. The van der Waals surface area contributed by atoms with Gasteiger partial charge in [0.2, 0.25) is 5.95 Å². The van der Waals surface area contributed by atoms with Gasteiger partial charge in [0.25, 0.3) is 0 Å². The number of nitrogens with one attached hydrogen (secondary N) is 2. The van der Waals surface area contributed by atoms with Crippen molar-refractivity contribution in [3.8, 4) is 0 Å². The number of likely N-dealkylation sites (tertiary alicyclic amines) is 1. The Kier molecular flexibility index (Phi) is 5.89. The monoisotopic (exact) mass is 425 g/mol. The molecule has 0 unspecified atom stereocenters. The van der Waals surface area contributed by atoms with Gasteiger partial charge in [-0.2, -0.15) is 15.2 Å². The van der Waals surface area contributed by atoms with Crippen molar-refractivity contribution in [2.75, 3.05) is 23.7 Å². The van der Waals surface area contributed by atoms with Gasteiger partial charge in [-0.3, -0.25) is 4.90 Å². The van der Waals surface area contributed by atoms with Crippen molar-refractivity contribution < 1.29 is 0 Å². The Hall–Kier alpha value is -3.58. The van der Waals surface area contributed by atoms with Gasteiger partial charge in [0.05, 0.1) is 17.4 Å². The van der Waals surface area contributed by atoms with Crippen molar-refractivity contribution in [1.29, 1.82) is 0 Å². The van der Waals surface area contributed by atoms with E-state index in [4.69, 9.17) is 0 Å². The lowest BCUT2D eigenvalue weighted by Gasteiger charge is -2.26. The first-order valence-corrected chi connectivity index (χ1v) is 11.1. The fraction of sp³-hybridized carbons (Fsp3) is 0.280. The third-order valence-corrected chi connectivity index (χ3v) is 5.83. The summed E-state index contributed by atoms with van der Waals surface area (Å²) < 4.78 is 0. The second kappa shape index (κ2) is 9.28. The summed E-state index contributed by atoms with van der Waals surface area (Å²) in [4.78, 5) is 11.6. The highest BCUT2D eigenvalue weighted by Gasteiger charge is 2.11. The molecule has 1 aliphatic heterocycles. The van der Waals surface area contributed by atoms with E-state index in [1.807, 2.05) is 37.3 Å². The summed E-state index contributed by atoms with van der Waals surface area (Å²) >= 11 is 0. The molecule has 1 saturated heterocycles. The van der Waals surface area contributed by atoms with E-state index in [1.54, 1.807) is 12.4 Å². The fourth-order valence-electron chi connectivity index (χ4n) is 4.20. The molecule has 0 radical (unpaired) electrons. The molecule has 0 amide bonds. The second-order valence-corrected chi connectivity index (χ2v) is 8.28. The van der Waals surface area contributed by atoms with Crippen molar-refractivity contribution >= 4 is 34.0 Å². The van der Waals surface area contributed by atoms with Crippen molar-refractivity contribution in [2.24, 2.45) is 0 Å². The van der Waals surface area contributed by atoms with Gasteiger partial charge >= 0.3 is 0 Å². The van der Waals surface area contributed by atoms with E-state index in [9.17, 15) is 0 Å². The van der Waals surface area contributed by atoms with Crippen LogP contribution in [0.15, 0.2) is 60.9 Å². The Bertz CT molecular complexity index is 1220. The van der Waals surface area contributed by atoms with Crippen LogP contribution >= 0.6 is 0 Å². The van der Waals surface area contributed by atoms with Gasteiger partial charge < -0.3 is 10.6 Å². The van der Waals surface area contributed by atoms with E-state index >= 15 is 0 Å². The Labute approximate surface area is 187 Å². The first-order chi connectivity index (χ1) is 15.7. The number of hydrogen-bond acceptors (Lipinski definition) is 7. The summed E-state index contributed by atoms with van der Waals surface area (Å²) in [5.41, 5.74) is 5.13. The van der Waals surface area contributed by atoms with Crippen molar-refractivity contribution in [3.63, 3.8) is 0 Å². The third kappa shape index (κ3) is 4.68. The largest absolute Gasteiger partial charge is 0.338 e. The number of nitrogens with zero attached hydrogens (tertiary/aromatic N) is 5. The molecule has 0 spiro atoms. The molecule has 3 heterocycles. The van der Waals surface area contributed by atoms with E-state index < -0.39 is 0 Å². The van der Waals surface area contributed by atoms with E-state index in [-0.39, 0.29) is 0 Å². The van der Waals surface area contributed by atoms with Gasteiger partial charge in [-0.05, 0) is 62.2 Å². The summed E-state index contributed by atoms with van der Waals surface area (Å²) in [6, 6.07) is 16.4. The number of hydrogen-bond donors (Lipinski definition) is 2. The van der Waals surface area contributed by atoms with Gasteiger partial charge in [-0.25, -0.2) is 4.98 Å². The number of benzene rings is 2. The normalized spacial score (nSPS) is 14.4. The molecular formula is C25H27N7. The molecule has 2 aromatic carbocycles. The van der Waals surface area contributed by atoms with Crippen molar-refractivity contribution in [1.82, 2.24) is 25.1 Å². The van der Waals surface area contributed by atoms with Crippen LogP contribution in [0, 0.1) is 6.92 Å². The lowest BCUT2D eigenvalue weighted by molar-refractivity contribution is 0.221. The van der Waals surface area contributed by atoms with Crippen LogP contribution in [0.2, 0.25) is 0 Å². The number of rotatable bonds is 6. The average molecular weight is 426 g/mol. The Balaban J connectivity index is 1.32. The molecule has 0 aliphatic carbocycles. The van der Waals surface area contributed by atoms with Crippen molar-refractivity contribution in [3.05, 3.63) is 72.1 Å². The van der Waals surface area contributed by atoms with E-state index in [1.165, 1.54) is 37.9 Å². The summed E-state index contributed by atoms with van der Waals surface area (Å²) in [5, 5.41) is 16.1. The number of aryl methyl sites for hydroxylation is 1. The zero-order valence-electron chi connectivity index (χ0n) is 18.3. The van der Waals surface area contributed by atoms with E-state index in [0.717, 1.165) is 34.4 Å². The quantitative estimate of drug-likeness (QED) is 0.439. The van der Waals surface area contributed by atoms with Crippen LogP contribution in [0.1, 0.15) is 30.4 Å². The Morgan fingerprint density at radius 2 is 1.84 bits per heavy atom. The maximum Gasteiger partial charge on any atom is 0.229 e. The van der Waals surface area contributed by atoms with Crippen LogP contribution in [0.4, 0.5) is 23.1 Å². The summed E-state index contributed by atoms with van der Waals surface area (Å²) in [7, 11) is 0. The number of piperidine rings is 1. The minimum absolute atomic E-state index is 0.549. The molecule has 0 atom stereocenters. The zero-order valence-corrected chi connectivity index (χ0v) is 18.3. The lowest BCUT2D eigenvalue weighted by atomic mass is 10.1. The summed E-state index contributed by atoms with van der Waals surface area (Å²) in [6.07, 6.45) is 7.42. The van der Waals surface area contributed by atoms with Crippen LogP contribution in [0.5, 0.6) is 0 Å². The highest BCUT2D eigenvalue weighted by Crippen LogP contribution is 2.26. The van der Waals surface area contributed by atoms with Gasteiger partial charge in [0.15, 0.2) is 0 Å². The molecule has 0 saturated carbocycles. The smallest absolute Gasteiger partial charge is 0.229 e. The molecule has 1 fully saturated rings. The zero-order chi connectivity index (χ0) is 21.8. The maximum absolute atomic E-state index is 4.65. The second-order valence-electron chi connectivity index (χ2n) is 8.28. The predicted molar refractivity (Wildman–Crippen MR) is 128 cm³/mol. The number of aromatic nitrogens is 4. The first kappa shape index (κ1) is 20.3. The Morgan fingerprint density at radius 1 is 0.969 bits per heavy atom. The van der Waals surface area contributed by atoms with Crippen LogP contribution in [-0.2, 0) is 6.54 Å². The maximum atomic E-state index is 4.65. The van der Waals surface area contributed by atoms with E-state index in [0.29, 0.717) is 11.8 Å². The third-order valence-electron chi connectivity index (χ3n) is 5.83. The molecule has 32 heavy (non-hydrogen) atoms. The van der Waals surface area contributed by atoms with Crippen LogP contribution in [0.3, 0.4) is 0 Å². The molecule has 5 rings (SSSR count). The fourth-order valence-corrected chi connectivity index (χ4v) is 4.20. The number of anilines is 4. The molecule has 1 aliphatic rings. The SMILES string of the molecule is Cc1cccc2c(Nc3ccnc(Nc4cccc(CN5CCCCC5)c4)n3)cnnc12. The highest BCUT2D eigenvalue weighted by atomic mass is 15.2. The predicted octanol–water partition coefficient (Wildman–Crippen LogP) is 5.20. The molecule has 7 nitrogen and oxygen atoms in total. The summed E-state index contributed by atoms with van der Waals surface area (Å²) in [6.45, 7) is 5.39. The average Bonchev–Trinajstić information content (AvgIpc) is 2.81.